The van der Waals surface area contributed by atoms with Gasteiger partial charge >= 0.3 is 11.9 Å². The minimum Gasteiger partial charge on any atom is -0.477 e. The number of nitrogens with one attached hydrogen (secondary N) is 1. The number of carbonyl (C=O) groups excluding carboxylic acids is 1. The molecule has 2 aliphatic rings. The lowest BCUT2D eigenvalue weighted by molar-refractivity contribution is -0.339. The highest BCUT2D eigenvalue weighted by atomic mass is 16.8. The number of pyridine rings is 1. The van der Waals surface area contributed by atoms with Gasteiger partial charge in [0.25, 0.3) is 0 Å². The summed E-state index contributed by atoms with van der Waals surface area (Å²) in [6.07, 6.45) is -6.23. The number of ether oxygens (including phenoxy) is 4. The number of rotatable bonds is 8. The molecular weight excluding hydrogens is 540 g/mol. The highest BCUT2D eigenvalue weighted by Crippen LogP contribution is 2.38. The van der Waals surface area contributed by atoms with Crippen LogP contribution in [0.3, 0.4) is 0 Å². The molecule has 13 heteroatoms. The number of aromatic nitrogens is 2. The summed E-state index contributed by atoms with van der Waals surface area (Å²) >= 11 is 0. The molecule has 0 radical (unpaired) electrons. The van der Waals surface area contributed by atoms with Crippen LogP contribution in [0.2, 0.25) is 0 Å². The zero-order valence-electron chi connectivity index (χ0n) is 21.9. The van der Waals surface area contributed by atoms with Crippen molar-refractivity contribution in [3.8, 4) is 0 Å². The topological polar surface area (TPSA) is 201 Å². The number of carboxylic acids is 1. The SMILES string of the molecule is C=CC1C(Cc2nc(C(=O)O)cc3c2[nH]c2ccccc23)C(C(=O)OC)=CO[C@H]1O[C@@H]1O[C@H](CO)[C@@H](O)[C@H](O)[C@H]1O. The van der Waals surface area contributed by atoms with Gasteiger partial charge in [-0.3, -0.25) is 0 Å². The summed E-state index contributed by atoms with van der Waals surface area (Å²) in [7, 11) is 1.21. The van der Waals surface area contributed by atoms with E-state index in [1.807, 2.05) is 24.3 Å². The maximum Gasteiger partial charge on any atom is 0.354 e. The van der Waals surface area contributed by atoms with Crippen LogP contribution >= 0.6 is 0 Å². The van der Waals surface area contributed by atoms with E-state index < -0.39 is 67.4 Å². The Morgan fingerprint density at radius 3 is 2.56 bits per heavy atom. The number of aromatic carboxylic acids is 1. The molecule has 0 saturated carbocycles. The number of nitrogens with zero attached hydrogens (tertiary/aromatic N) is 1. The van der Waals surface area contributed by atoms with Crippen LogP contribution in [0.1, 0.15) is 16.2 Å². The minimum atomic E-state index is -1.69. The van der Waals surface area contributed by atoms with Crippen LogP contribution in [0, 0.1) is 11.8 Å². The fourth-order valence-electron chi connectivity index (χ4n) is 5.37. The normalized spacial score (nSPS) is 30.0. The summed E-state index contributed by atoms with van der Waals surface area (Å²) in [6.45, 7) is 3.21. The smallest absolute Gasteiger partial charge is 0.354 e. The number of fused-ring (bicyclic) bond motifs is 3. The molecule has 0 bridgehead atoms. The number of aromatic amines is 1. The first-order valence-electron chi connectivity index (χ1n) is 12.8. The molecule has 41 heavy (non-hydrogen) atoms. The van der Waals surface area contributed by atoms with Crippen molar-refractivity contribution in [1.29, 1.82) is 0 Å². The Labute approximate surface area is 233 Å². The molecule has 3 aromatic rings. The van der Waals surface area contributed by atoms with Crippen molar-refractivity contribution in [2.75, 3.05) is 13.7 Å². The Hall–Kier alpha value is -3.85. The summed E-state index contributed by atoms with van der Waals surface area (Å²) in [6, 6.07) is 8.87. The Kier molecular flexibility index (Phi) is 8.09. The number of methoxy groups -OCH3 is 1. The summed E-state index contributed by atoms with van der Waals surface area (Å²) in [5.41, 5.74) is 1.64. The summed E-state index contributed by atoms with van der Waals surface area (Å²) in [5.74, 6) is -3.47. The third kappa shape index (κ3) is 5.19. The highest BCUT2D eigenvalue weighted by molar-refractivity contribution is 6.09. The zero-order chi connectivity index (χ0) is 29.4. The Balaban J connectivity index is 1.54. The third-order valence-corrected chi connectivity index (χ3v) is 7.52. The molecule has 13 nitrogen and oxygen atoms in total. The maximum absolute atomic E-state index is 12.8. The van der Waals surface area contributed by atoms with Crippen LogP contribution in [0.15, 0.2) is 54.8 Å². The van der Waals surface area contributed by atoms with E-state index in [1.165, 1.54) is 19.3 Å². The van der Waals surface area contributed by atoms with Crippen LogP contribution in [-0.4, -0.2) is 98.2 Å². The van der Waals surface area contributed by atoms with Gasteiger partial charge in [-0.15, -0.1) is 6.58 Å². The number of para-hydroxylation sites is 1. The summed E-state index contributed by atoms with van der Waals surface area (Å²) in [4.78, 5) is 32.5. The van der Waals surface area contributed by atoms with Crippen molar-refractivity contribution in [3.05, 3.63) is 66.2 Å². The second-order valence-electron chi connectivity index (χ2n) is 9.88. The summed E-state index contributed by atoms with van der Waals surface area (Å²) < 4.78 is 22.0. The summed E-state index contributed by atoms with van der Waals surface area (Å²) in [5, 5.41) is 51.5. The second-order valence-corrected chi connectivity index (χ2v) is 9.88. The average Bonchev–Trinajstić information content (AvgIpc) is 3.36. The first-order valence-corrected chi connectivity index (χ1v) is 12.8. The lowest BCUT2D eigenvalue weighted by Gasteiger charge is -2.43. The number of hydrogen-bond donors (Lipinski definition) is 6. The molecule has 4 heterocycles. The molecule has 218 valence electrons. The number of hydrogen-bond acceptors (Lipinski definition) is 11. The molecule has 0 spiro atoms. The van der Waals surface area contributed by atoms with Gasteiger partial charge < -0.3 is 49.5 Å². The Bertz CT molecular complexity index is 1500. The largest absolute Gasteiger partial charge is 0.477 e. The third-order valence-electron chi connectivity index (χ3n) is 7.52. The number of esters is 1. The molecule has 1 fully saturated rings. The van der Waals surface area contributed by atoms with Gasteiger partial charge in [0.15, 0.2) is 6.29 Å². The number of H-pyrrole nitrogens is 1. The molecule has 2 aliphatic heterocycles. The predicted molar refractivity (Wildman–Crippen MR) is 141 cm³/mol. The van der Waals surface area contributed by atoms with E-state index in [0.29, 0.717) is 16.6 Å². The van der Waals surface area contributed by atoms with E-state index in [9.17, 15) is 35.1 Å². The average molecular weight is 571 g/mol. The molecule has 1 aromatic carbocycles. The van der Waals surface area contributed by atoms with E-state index in [2.05, 4.69) is 16.5 Å². The van der Waals surface area contributed by atoms with Crippen molar-refractivity contribution in [1.82, 2.24) is 9.97 Å². The van der Waals surface area contributed by atoms with Crippen molar-refractivity contribution < 1.29 is 54.1 Å². The first kappa shape index (κ1) is 28.7. The lowest BCUT2D eigenvalue weighted by atomic mass is 9.80. The van der Waals surface area contributed by atoms with Crippen LogP contribution in [0.25, 0.3) is 21.8 Å². The van der Waals surface area contributed by atoms with E-state index in [-0.39, 0.29) is 17.7 Å². The monoisotopic (exact) mass is 570 g/mol. The van der Waals surface area contributed by atoms with Gasteiger partial charge in [-0.2, -0.15) is 0 Å². The van der Waals surface area contributed by atoms with Gasteiger partial charge in [-0.05, 0) is 18.6 Å². The van der Waals surface area contributed by atoms with Crippen molar-refractivity contribution in [3.63, 3.8) is 0 Å². The first-order chi connectivity index (χ1) is 19.7. The van der Waals surface area contributed by atoms with Crippen LogP contribution in [0.5, 0.6) is 0 Å². The maximum atomic E-state index is 12.8. The minimum absolute atomic E-state index is 0.0277. The van der Waals surface area contributed by atoms with Crippen molar-refractivity contribution in [2.45, 2.75) is 43.4 Å². The van der Waals surface area contributed by atoms with Crippen LogP contribution in [0.4, 0.5) is 0 Å². The van der Waals surface area contributed by atoms with Crippen LogP contribution < -0.4 is 0 Å². The molecule has 0 amide bonds. The highest BCUT2D eigenvalue weighted by Gasteiger charge is 2.47. The number of carbonyl (C=O) groups is 2. The van der Waals surface area contributed by atoms with Gasteiger partial charge in [-0.25, -0.2) is 14.6 Å². The second kappa shape index (κ2) is 11.6. The Morgan fingerprint density at radius 2 is 1.88 bits per heavy atom. The van der Waals surface area contributed by atoms with Gasteiger partial charge in [0, 0.05) is 28.1 Å². The van der Waals surface area contributed by atoms with Gasteiger partial charge in [0.05, 0.1) is 36.8 Å². The lowest BCUT2D eigenvalue weighted by Crippen LogP contribution is -2.60. The molecule has 5 rings (SSSR count). The molecule has 1 saturated heterocycles. The Morgan fingerprint density at radius 1 is 1.12 bits per heavy atom. The van der Waals surface area contributed by atoms with Gasteiger partial charge in [-0.1, -0.05) is 24.3 Å². The fourth-order valence-corrected chi connectivity index (χ4v) is 5.37. The number of aliphatic hydroxyl groups is 4. The zero-order valence-corrected chi connectivity index (χ0v) is 21.9. The molecular formula is C28H30N2O11. The molecule has 2 unspecified atom stereocenters. The van der Waals surface area contributed by atoms with E-state index in [4.69, 9.17) is 18.9 Å². The number of benzene rings is 1. The quantitative estimate of drug-likeness (QED) is 0.163. The molecule has 2 aromatic heterocycles. The standard InChI is InChI=1S/C28H30N2O11/c1-3-12-14(8-18-21-15(9-19(29-18)25(35)36)13-6-4-5-7-17(13)30-21)16(26(37)38-2)11-39-27(12)41-28-24(34)23(33)22(32)20(10-31)40-28/h3-7,9,11-12,14,20,22-24,27-28,30-34H,1,8,10H2,2H3,(H,35,36)/t12?,14?,20-,22-,23+,24-,27+,28+/m1/s1. The van der Waals surface area contributed by atoms with E-state index >= 15 is 0 Å². The molecule has 6 N–H and O–H groups in total. The molecule has 0 aliphatic carbocycles. The molecule has 8 atom stereocenters. The number of aliphatic hydroxyl groups excluding tert-OH is 4. The number of carboxylic acid groups (broad SMARTS) is 1. The van der Waals surface area contributed by atoms with E-state index in [1.54, 1.807) is 0 Å². The predicted octanol–water partition coefficient (Wildman–Crippen LogP) is 0.605. The van der Waals surface area contributed by atoms with Gasteiger partial charge in [0.1, 0.15) is 30.1 Å². The van der Waals surface area contributed by atoms with Crippen LogP contribution in [-0.2, 0) is 30.2 Å². The fraction of sp³-hybridized carbons (Fsp3) is 0.393. The van der Waals surface area contributed by atoms with Gasteiger partial charge in [0.2, 0.25) is 6.29 Å². The van der Waals surface area contributed by atoms with E-state index in [0.717, 1.165) is 17.2 Å². The van der Waals surface area contributed by atoms with Crippen molar-refractivity contribution in [2.24, 2.45) is 11.8 Å². The van der Waals surface area contributed by atoms with Crippen molar-refractivity contribution >= 4 is 33.7 Å².